The first kappa shape index (κ1) is 12.9. The molecule has 7 nitrogen and oxygen atoms in total. The molecule has 3 aromatic rings. The van der Waals surface area contributed by atoms with Gasteiger partial charge < -0.3 is 20.1 Å². The summed E-state index contributed by atoms with van der Waals surface area (Å²) in [5.41, 5.74) is 7.59. The van der Waals surface area contributed by atoms with E-state index in [1.165, 1.54) is 0 Å². The molecule has 0 spiro atoms. The van der Waals surface area contributed by atoms with Gasteiger partial charge in [0.25, 0.3) is 0 Å². The highest BCUT2D eigenvalue weighted by Crippen LogP contribution is 2.32. The summed E-state index contributed by atoms with van der Waals surface area (Å²) in [4.78, 5) is 9.51. The van der Waals surface area contributed by atoms with Gasteiger partial charge in [-0.15, -0.1) is 0 Å². The molecule has 0 saturated carbocycles. The summed E-state index contributed by atoms with van der Waals surface area (Å²) in [6, 6.07) is 7.85. The van der Waals surface area contributed by atoms with Crippen LogP contribution in [0.25, 0.3) is 22.3 Å². The van der Waals surface area contributed by atoms with E-state index in [-0.39, 0.29) is 12.0 Å². The molecule has 1 fully saturated rings. The third-order valence-electron chi connectivity index (χ3n) is 4.12. The zero-order valence-electron chi connectivity index (χ0n) is 11.9. The molecule has 0 unspecified atom stereocenters. The summed E-state index contributed by atoms with van der Waals surface area (Å²) in [5.74, 6) is 1.14. The molecule has 7 heteroatoms. The Bertz CT molecular complexity index is 835. The number of guanidine groups is 1. The molecule has 1 aliphatic rings. The smallest absolute Gasteiger partial charge is 0.249 e. The lowest BCUT2D eigenvalue weighted by atomic mass is 10.1. The van der Waals surface area contributed by atoms with E-state index in [9.17, 15) is 0 Å². The summed E-state index contributed by atoms with van der Waals surface area (Å²) >= 11 is 0. The first-order chi connectivity index (χ1) is 10.7. The fourth-order valence-electron chi connectivity index (χ4n) is 3.07. The minimum atomic E-state index is -0.0934. The van der Waals surface area contributed by atoms with Crippen LogP contribution in [0.3, 0.4) is 0 Å². The molecule has 112 valence electrons. The average Bonchev–Trinajstić information content (AvgIpc) is 3.25. The maximum absolute atomic E-state index is 7.64. The Balaban J connectivity index is 1.73. The Morgan fingerprint density at radius 3 is 3.18 bits per heavy atom. The molecule has 0 bridgehead atoms. The van der Waals surface area contributed by atoms with E-state index in [1.807, 2.05) is 30.5 Å². The molecule has 2 aromatic heterocycles. The van der Waals surface area contributed by atoms with Gasteiger partial charge in [-0.1, -0.05) is 17.3 Å². The molecule has 4 N–H and O–H groups in total. The van der Waals surface area contributed by atoms with Gasteiger partial charge in [0.15, 0.2) is 5.96 Å². The molecule has 1 atom stereocenters. The Kier molecular flexibility index (Phi) is 2.85. The summed E-state index contributed by atoms with van der Waals surface area (Å²) in [5, 5.41) is 12.8. The Morgan fingerprint density at radius 2 is 2.32 bits per heavy atom. The molecule has 0 amide bonds. The van der Waals surface area contributed by atoms with E-state index < -0.39 is 0 Å². The molecule has 3 heterocycles. The van der Waals surface area contributed by atoms with Crippen molar-refractivity contribution in [2.24, 2.45) is 5.73 Å². The Morgan fingerprint density at radius 1 is 1.41 bits per heavy atom. The number of likely N-dealkylation sites (tertiary alicyclic amines) is 1. The van der Waals surface area contributed by atoms with Crippen LogP contribution in [0.4, 0.5) is 0 Å². The number of hydrogen-bond acceptors (Lipinski definition) is 4. The number of aromatic amines is 1. The van der Waals surface area contributed by atoms with Gasteiger partial charge in [-0.3, -0.25) is 5.41 Å². The van der Waals surface area contributed by atoms with Gasteiger partial charge in [0.2, 0.25) is 11.7 Å². The highest BCUT2D eigenvalue weighted by Gasteiger charge is 2.31. The molecule has 0 radical (unpaired) electrons. The van der Waals surface area contributed by atoms with Crippen LogP contribution in [0.1, 0.15) is 24.8 Å². The first-order valence-corrected chi connectivity index (χ1v) is 7.25. The largest absolute Gasteiger partial charge is 0.370 e. The number of hydrogen-bond donors (Lipinski definition) is 3. The second-order valence-corrected chi connectivity index (χ2v) is 5.44. The van der Waals surface area contributed by atoms with Gasteiger partial charge in [0, 0.05) is 29.2 Å². The molecule has 4 rings (SSSR count). The van der Waals surface area contributed by atoms with Crippen LogP contribution in [-0.2, 0) is 0 Å². The van der Waals surface area contributed by atoms with Gasteiger partial charge in [0.05, 0.1) is 0 Å². The number of rotatable bonds is 2. The lowest BCUT2D eigenvalue weighted by Crippen LogP contribution is -2.35. The zero-order chi connectivity index (χ0) is 15.1. The number of benzene rings is 1. The van der Waals surface area contributed by atoms with E-state index in [4.69, 9.17) is 15.7 Å². The quantitative estimate of drug-likeness (QED) is 0.496. The number of nitrogens with one attached hydrogen (secondary N) is 2. The van der Waals surface area contributed by atoms with Crippen LogP contribution in [0.5, 0.6) is 0 Å². The maximum Gasteiger partial charge on any atom is 0.249 e. The molecular formula is C15H16N6O. The maximum atomic E-state index is 7.64. The highest BCUT2D eigenvalue weighted by molar-refractivity contribution is 5.93. The Labute approximate surface area is 126 Å². The fraction of sp³-hybridized carbons (Fsp3) is 0.267. The van der Waals surface area contributed by atoms with Crippen molar-refractivity contribution >= 4 is 16.9 Å². The summed E-state index contributed by atoms with van der Waals surface area (Å²) < 4.78 is 5.44. The number of H-pyrrole nitrogens is 1. The molecule has 1 aliphatic heterocycles. The summed E-state index contributed by atoms with van der Waals surface area (Å²) in [7, 11) is 0. The fourth-order valence-corrected chi connectivity index (χ4v) is 3.07. The third kappa shape index (κ3) is 1.93. The monoisotopic (exact) mass is 296 g/mol. The molecule has 1 saturated heterocycles. The van der Waals surface area contributed by atoms with Crippen molar-refractivity contribution in [3.8, 4) is 11.4 Å². The minimum Gasteiger partial charge on any atom is -0.370 e. The van der Waals surface area contributed by atoms with E-state index in [1.54, 1.807) is 4.90 Å². The first-order valence-electron chi connectivity index (χ1n) is 7.25. The number of fused-ring (bicyclic) bond motifs is 1. The van der Waals surface area contributed by atoms with E-state index >= 15 is 0 Å². The second-order valence-electron chi connectivity index (χ2n) is 5.44. The van der Waals surface area contributed by atoms with Crippen LogP contribution >= 0.6 is 0 Å². The Hall–Kier alpha value is -2.83. The number of nitrogens with zero attached hydrogens (tertiary/aromatic N) is 3. The van der Waals surface area contributed by atoms with Crippen molar-refractivity contribution in [2.45, 2.75) is 18.9 Å². The summed E-state index contributed by atoms with van der Waals surface area (Å²) in [6.45, 7) is 0.755. The van der Waals surface area contributed by atoms with Crippen LogP contribution < -0.4 is 5.73 Å². The van der Waals surface area contributed by atoms with Crippen molar-refractivity contribution in [1.82, 2.24) is 20.0 Å². The van der Waals surface area contributed by atoms with Crippen molar-refractivity contribution in [1.29, 1.82) is 5.41 Å². The van der Waals surface area contributed by atoms with Gasteiger partial charge in [0.1, 0.15) is 6.04 Å². The average molecular weight is 296 g/mol. The summed E-state index contributed by atoms with van der Waals surface area (Å²) in [6.07, 6.45) is 3.73. The van der Waals surface area contributed by atoms with Gasteiger partial charge in [-0.2, -0.15) is 4.98 Å². The molecule has 22 heavy (non-hydrogen) atoms. The molecule has 0 aliphatic carbocycles. The molecular weight excluding hydrogens is 280 g/mol. The van der Waals surface area contributed by atoms with Gasteiger partial charge >= 0.3 is 0 Å². The normalized spacial score (nSPS) is 18.2. The van der Waals surface area contributed by atoms with E-state index in [2.05, 4.69) is 15.1 Å². The minimum absolute atomic E-state index is 0.0509. The SMILES string of the molecule is N=C(N)N1CCC[C@H]1c1nc(-c2cccc3[nH]ccc23)no1. The predicted octanol–water partition coefficient (Wildman–Crippen LogP) is 2.25. The van der Waals surface area contributed by atoms with Crippen molar-refractivity contribution in [2.75, 3.05) is 6.54 Å². The van der Waals surface area contributed by atoms with Crippen LogP contribution in [0.15, 0.2) is 35.0 Å². The number of nitrogens with two attached hydrogens (primary N) is 1. The van der Waals surface area contributed by atoms with Gasteiger partial charge in [-0.05, 0) is 25.0 Å². The van der Waals surface area contributed by atoms with Crippen LogP contribution in [0, 0.1) is 5.41 Å². The van der Waals surface area contributed by atoms with Crippen LogP contribution in [0.2, 0.25) is 0 Å². The van der Waals surface area contributed by atoms with E-state index in [0.29, 0.717) is 11.7 Å². The van der Waals surface area contributed by atoms with Crippen LogP contribution in [-0.4, -0.2) is 32.5 Å². The second kappa shape index (κ2) is 4.87. The standard InChI is InChI=1S/C15H16N6O/c16-15(17)21-8-2-5-12(21)14-19-13(20-22-14)10-3-1-4-11-9(10)6-7-18-11/h1,3-4,6-7,12,18H,2,5,8H2,(H3,16,17)/t12-/m0/s1. The topological polar surface area (TPSA) is 108 Å². The van der Waals surface area contributed by atoms with Crippen molar-refractivity contribution in [3.05, 3.63) is 36.4 Å². The van der Waals surface area contributed by atoms with Crippen molar-refractivity contribution in [3.63, 3.8) is 0 Å². The predicted molar refractivity (Wildman–Crippen MR) is 82.2 cm³/mol. The third-order valence-corrected chi connectivity index (χ3v) is 4.12. The zero-order valence-corrected chi connectivity index (χ0v) is 11.9. The van der Waals surface area contributed by atoms with Crippen molar-refractivity contribution < 1.29 is 4.52 Å². The van der Waals surface area contributed by atoms with Gasteiger partial charge in [-0.25, -0.2) is 0 Å². The lowest BCUT2D eigenvalue weighted by molar-refractivity contribution is 0.283. The number of aromatic nitrogens is 3. The van der Waals surface area contributed by atoms with E-state index in [0.717, 1.165) is 35.9 Å². The lowest BCUT2D eigenvalue weighted by Gasteiger charge is -2.21. The molecule has 1 aromatic carbocycles. The highest BCUT2D eigenvalue weighted by atomic mass is 16.5.